The molecule has 2 aliphatic heterocycles. The number of fused-ring (bicyclic) bond motifs is 5. The van der Waals surface area contributed by atoms with Crippen LogP contribution >= 0.6 is 0 Å². The largest absolute Gasteiger partial charge is 0.493 e. The highest BCUT2D eigenvalue weighted by Crippen LogP contribution is 2.36. The molecule has 1 saturated carbocycles. The van der Waals surface area contributed by atoms with E-state index in [2.05, 4.69) is 15.2 Å². The fourth-order valence-corrected chi connectivity index (χ4v) is 5.55. The summed E-state index contributed by atoms with van der Waals surface area (Å²) in [6, 6.07) is 13.3. The maximum atomic E-state index is 13.7. The summed E-state index contributed by atoms with van der Waals surface area (Å²) < 4.78 is 46.8. The number of nitrogens with one attached hydrogen (secondary N) is 1. The van der Waals surface area contributed by atoms with Gasteiger partial charge in [-0.1, -0.05) is 18.2 Å². The molecular weight excluding hydrogens is 451 g/mol. The summed E-state index contributed by atoms with van der Waals surface area (Å²) in [4.78, 5) is 7.03. The normalized spacial score (nSPS) is 20.7. The average molecular weight is 484 g/mol. The minimum atomic E-state index is -4.46. The van der Waals surface area contributed by atoms with E-state index in [1.54, 1.807) is 6.07 Å². The molecule has 0 radical (unpaired) electrons. The van der Waals surface area contributed by atoms with Gasteiger partial charge in [-0.15, -0.1) is 0 Å². The van der Waals surface area contributed by atoms with Crippen molar-refractivity contribution in [2.75, 3.05) is 31.6 Å². The van der Waals surface area contributed by atoms with Gasteiger partial charge in [0.1, 0.15) is 5.75 Å². The maximum Gasteiger partial charge on any atom is 0.416 e. The van der Waals surface area contributed by atoms with Crippen molar-refractivity contribution >= 4 is 22.3 Å². The molecule has 0 atom stereocenters. The van der Waals surface area contributed by atoms with Crippen molar-refractivity contribution in [3.8, 4) is 5.75 Å². The summed E-state index contributed by atoms with van der Waals surface area (Å²) in [5, 5.41) is 4.03. The van der Waals surface area contributed by atoms with Crippen LogP contribution in [0.5, 0.6) is 5.75 Å². The van der Waals surface area contributed by atoms with Crippen LogP contribution in [0.3, 0.4) is 0 Å². The Hall–Kier alpha value is -2.80. The molecule has 1 aliphatic carbocycles. The standard InChI is InChI=1S/C28H32F3N3O/c1-19-13-27(25-5-2-3-6-26(25)32-19)33-23-14-22(28(29,30)31)15-24(16-23)35-12-4-11-34-17-20-7-8-21(18-34)10-9-20/h2-3,5-6,13-16,20-21H,4,7-12,17-18H2,1H3,(H,32,33). The first-order valence-electron chi connectivity index (χ1n) is 12.5. The Morgan fingerprint density at radius 1 is 1.00 bits per heavy atom. The third-order valence-electron chi connectivity index (χ3n) is 7.24. The number of hydrogen-bond donors (Lipinski definition) is 1. The van der Waals surface area contributed by atoms with Crippen molar-refractivity contribution in [1.82, 2.24) is 9.88 Å². The number of hydrogen-bond acceptors (Lipinski definition) is 4. The van der Waals surface area contributed by atoms with E-state index in [1.807, 2.05) is 37.3 Å². The third-order valence-corrected chi connectivity index (χ3v) is 7.24. The van der Waals surface area contributed by atoms with Crippen LogP contribution in [0.15, 0.2) is 48.5 Å². The fraction of sp³-hybridized carbons (Fsp3) is 0.464. The van der Waals surface area contributed by atoms with Crippen LogP contribution in [0, 0.1) is 18.8 Å². The van der Waals surface area contributed by atoms with E-state index in [-0.39, 0.29) is 5.75 Å². The molecule has 35 heavy (non-hydrogen) atoms. The zero-order chi connectivity index (χ0) is 24.4. The van der Waals surface area contributed by atoms with Crippen molar-refractivity contribution in [2.24, 2.45) is 11.8 Å². The van der Waals surface area contributed by atoms with Gasteiger partial charge in [0.2, 0.25) is 0 Å². The average Bonchev–Trinajstić information content (AvgIpc) is 3.14. The van der Waals surface area contributed by atoms with Gasteiger partial charge in [0.05, 0.1) is 17.7 Å². The number of benzene rings is 2. The van der Waals surface area contributed by atoms with Crippen LogP contribution in [-0.4, -0.2) is 36.1 Å². The lowest BCUT2D eigenvalue weighted by molar-refractivity contribution is -0.137. The monoisotopic (exact) mass is 483 g/mol. The van der Waals surface area contributed by atoms with Gasteiger partial charge in [-0.05, 0) is 75.1 Å². The molecule has 2 saturated heterocycles. The van der Waals surface area contributed by atoms with Crippen LogP contribution in [0.1, 0.15) is 43.4 Å². The van der Waals surface area contributed by atoms with Crippen molar-refractivity contribution in [2.45, 2.75) is 45.2 Å². The molecule has 0 unspecified atom stereocenters. The number of aryl methyl sites for hydroxylation is 1. The molecule has 0 amide bonds. The van der Waals surface area contributed by atoms with Gasteiger partial charge in [0, 0.05) is 48.2 Å². The van der Waals surface area contributed by atoms with Gasteiger partial charge >= 0.3 is 6.18 Å². The number of ether oxygens (including phenoxy) is 1. The van der Waals surface area contributed by atoms with Gasteiger partial charge in [0.15, 0.2) is 0 Å². The quantitative estimate of drug-likeness (QED) is 0.361. The zero-order valence-electron chi connectivity index (χ0n) is 20.1. The fourth-order valence-electron chi connectivity index (χ4n) is 5.55. The van der Waals surface area contributed by atoms with E-state index in [4.69, 9.17) is 4.74 Å². The van der Waals surface area contributed by atoms with Gasteiger partial charge in [-0.25, -0.2) is 0 Å². The van der Waals surface area contributed by atoms with Crippen LogP contribution in [0.4, 0.5) is 24.5 Å². The summed E-state index contributed by atoms with van der Waals surface area (Å²) in [5.41, 5.74) is 1.91. The second-order valence-electron chi connectivity index (χ2n) is 10.0. The summed E-state index contributed by atoms with van der Waals surface area (Å²) in [6.07, 6.45) is 1.69. The van der Waals surface area contributed by atoms with Crippen molar-refractivity contribution < 1.29 is 17.9 Å². The highest BCUT2D eigenvalue weighted by molar-refractivity contribution is 5.93. The van der Waals surface area contributed by atoms with Crippen LogP contribution in [-0.2, 0) is 6.18 Å². The first-order valence-corrected chi connectivity index (χ1v) is 12.5. The molecular formula is C28H32F3N3O. The highest BCUT2D eigenvalue weighted by Gasteiger charge is 2.32. The first-order chi connectivity index (χ1) is 16.8. The molecule has 1 N–H and O–H groups in total. The molecule has 1 aromatic heterocycles. The smallest absolute Gasteiger partial charge is 0.416 e. The maximum absolute atomic E-state index is 13.7. The lowest BCUT2D eigenvalue weighted by atomic mass is 9.84. The molecule has 3 aliphatic rings. The number of rotatable bonds is 7. The van der Waals surface area contributed by atoms with Crippen molar-refractivity contribution in [1.29, 1.82) is 0 Å². The molecule has 0 spiro atoms. The summed E-state index contributed by atoms with van der Waals surface area (Å²) in [5.74, 6) is 1.84. The van der Waals surface area contributed by atoms with Crippen molar-refractivity contribution in [3.05, 3.63) is 59.8 Å². The minimum Gasteiger partial charge on any atom is -0.493 e. The van der Waals surface area contributed by atoms with E-state index in [0.717, 1.165) is 66.6 Å². The van der Waals surface area contributed by atoms with Gasteiger partial charge < -0.3 is 15.0 Å². The number of aromatic nitrogens is 1. The highest BCUT2D eigenvalue weighted by atomic mass is 19.4. The Labute approximate surface area is 204 Å². The molecule has 4 nitrogen and oxygen atoms in total. The number of para-hydroxylation sites is 1. The topological polar surface area (TPSA) is 37.4 Å². The summed E-state index contributed by atoms with van der Waals surface area (Å²) in [6.45, 7) is 5.48. The number of anilines is 2. The number of nitrogens with zero attached hydrogens (tertiary/aromatic N) is 2. The predicted octanol–water partition coefficient (Wildman–Crippen LogP) is 7.20. The van der Waals surface area contributed by atoms with Gasteiger partial charge in [0.25, 0.3) is 0 Å². The van der Waals surface area contributed by atoms with Crippen molar-refractivity contribution in [3.63, 3.8) is 0 Å². The molecule has 3 heterocycles. The number of pyridine rings is 1. The number of halogens is 3. The Kier molecular flexibility index (Phi) is 6.87. The molecule has 186 valence electrons. The second-order valence-corrected chi connectivity index (χ2v) is 10.0. The molecule has 3 aromatic rings. The Morgan fingerprint density at radius 2 is 1.71 bits per heavy atom. The van der Waals surface area contributed by atoms with E-state index < -0.39 is 11.7 Å². The zero-order valence-corrected chi connectivity index (χ0v) is 20.1. The van der Waals surface area contributed by atoms with E-state index in [0.29, 0.717) is 18.0 Å². The second kappa shape index (κ2) is 10.1. The van der Waals surface area contributed by atoms with E-state index >= 15 is 0 Å². The Balaban J connectivity index is 1.29. The first kappa shape index (κ1) is 23.9. The molecule has 7 heteroatoms. The van der Waals surface area contributed by atoms with Gasteiger partial charge in [-0.3, -0.25) is 4.98 Å². The molecule has 2 aromatic carbocycles. The van der Waals surface area contributed by atoms with Crippen LogP contribution < -0.4 is 10.1 Å². The van der Waals surface area contributed by atoms with Gasteiger partial charge in [-0.2, -0.15) is 13.2 Å². The minimum absolute atomic E-state index is 0.230. The van der Waals surface area contributed by atoms with E-state index in [1.165, 1.54) is 25.7 Å². The molecule has 3 fully saturated rings. The third kappa shape index (κ3) is 5.89. The molecule has 6 rings (SSSR count). The lowest BCUT2D eigenvalue weighted by Crippen LogP contribution is -2.30. The predicted molar refractivity (Wildman–Crippen MR) is 133 cm³/mol. The Morgan fingerprint density at radius 3 is 2.43 bits per heavy atom. The Bertz CT molecular complexity index is 1160. The number of alkyl halides is 3. The van der Waals surface area contributed by atoms with Crippen LogP contribution in [0.2, 0.25) is 0 Å². The lowest BCUT2D eigenvalue weighted by Gasteiger charge is -2.22. The summed E-state index contributed by atoms with van der Waals surface area (Å²) in [7, 11) is 0. The summed E-state index contributed by atoms with van der Waals surface area (Å²) >= 11 is 0. The van der Waals surface area contributed by atoms with Crippen LogP contribution in [0.25, 0.3) is 10.9 Å². The SMILES string of the molecule is Cc1cc(Nc2cc(OCCCN3CC4CCC(CC4)C3)cc(C(F)(F)F)c2)c2ccccc2n1. The van der Waals surface area contributed by atoms with E-state index in [9.17, 15) is 13.2 Å². The molecule has 2 bridgehead atoms.